The van der Waals surface area contributed by atoms with Gasteiger partial charge in [0.05, 0.1) is 6.61 Å². The number of rotatable bonds is 1. The quantitative estimate of drug-likeness (QED) is 0.735. The zero-order chi connectivity index (χ0) is 13.1. The van der Waals surface area contributed by atoms with Gasteiger partial charge in [0.1, 0.15) is 24.4 Å². The van der Waals surface area contributed by atoms with Crippen molar-refractivity contribution in [3.05, 3.63) is 0 Å². The second kappa shape index (κ2) is 3.88. The molecule has 6 nitrogen and oxygen atoms in total. The van der Waals surface area contributed by atoms with Gasteiger partial charge in [0.25, 0.3) is 0 Å². The number of aliphatic hydroxyl groups is 1. The fraction of sp³-hybridized carbons (Fsp3) is 1.00. The highest BCUT2D eigenvalue weighted by Crippen LogP contribution is 2.40. The smallest absolute Gasteiger partial charge is 0.190 e. The summed E-state index contributed by atoms with van der Waals surface area (Å²) in [5, 5.41) is 10.3. The van der Waals surface area contributed by atoms with Gasteiger partial charge in [-0.3, -0.25) is 0 Å². The molecule has 6 heteroatoms. The van der Waals surface area contributed by atoms with Crippen molar-refractivity contribution < 1.29 is 28.8 Å². The molecule has 0 spiro atoms. The van der Waals surface area contributed by atoms with E-state index in [1.165, 1.54) is 0 Å². The first-order valence-corrected chi connectivity index (χ1v) is 6.28. The Balaban J connectivity index is 1.68. The molecule has 3 saturated heterocycles. The Morgan fingerprint density at radius 1 is 0.944 bits per heavy atom. The summed E-state index contributed by atoms with van der Waals surface area (Å²) in [6.07, 6.45) is -2.53. The lowest BCUT2D eigenvalue weighted by Crippen LogP contribution is -2.42. The Bertz CT molecular complexity index is 341. The van der Waals surface area contributed by atoms with Crippen LogP contribution in [0.15, 0.2) is 0 Å². The molecule has 18 heavy (non-hydrogen) atoms. The third-order valence-corrected chi connectivity index (χ3v) is 3.45. The summed E-state index contributed by atoms with van der Waals surface area (Å²) in [4.78, 5) is 0. The average molecular weight is 260 g/mol. The Labute approximate surface area is 106 Å². The highest BCUT2D eigenvalue weighted by molar-refractivity contribution is 4.97. The monoisotopic (exact) mass is 260 g/mol. The minimum Gasteiger partial charge on any atom is -0.387 e. The van der Waals surface area contributed by atoms with E-state index in [-0.39, 0.29) is 6.10 Å². The summed E-state index contributed by atoms with van der Waals surface area (Å²) in [5.74, 6) is -1.35. The molecular weight excluding hydrogens is 240 g/mol. The van der Waals surface area contributed by atoms with Gasteiger partial charge in [-0.15, -0.1) is 0 Å². The maximum absolute atomic E-state index is 10.3. The normalized spacial score (nSPS) is 49.5. The van der Waals surface area contributed by atoms with Crippen molar-refractivity contribution in [1.82, 2.24) is 0 Å². The molecule has 1 N–H and O–H groups in total. The van der Waals surface area contributed by atoms with Crippen LogP contribution in [0.4, 0.5) is 0 Å². The third kappa shape index (κ3) is 2.07. The van der Waals surface area contributed by atoms with Crippen molar-refractivity contribution >= 4 is 0 Å². The molecule has 0 bridgehead atoms. The third-order valence-electron chi connectivity index (χ3n) is 3.45. The summed E-state index contributed by atoms with van der Waals surface area (Å²) >= 11 is 0. The van der Waals surface area contributed by atoms with Crippen molar-refractivity contribution in [1.29, 1.82) is 0 Å². The van der Waals surface area contributed by atoms with Crippen LogP contribution >= 0.6 is 0 Å². The fourth-order valence-corrected chi connectivity index (χ4v) is 2.70. The number of aliphatic hydroxyl groups excluding tert-OH is 1. The van der Waals surface area contributed by atoms with Gasteiger partial charge in [-0.25, -0.2) is 0 Å². The first-order valence-electron chi connectivity index (χ1n) is 6.28. The van der Waals surface area contributed by atoms with Crippen LogP contribution in [0.25, 0.3) is 0 Å². The van der Waals surface area contributed by atoms with Crippen molar-refractivity contribution in [2.75, 3.05) is 6.61 Å². The topological polar surface area (TPSA) is 66.4 Å². The Morgan fingerprint density at radius 3 is 2.22 bits per heavy atom. The van der Waals surface area contributed by atoms with Crippen LogP contribution in [-0.4, -0.2) is 54.0 Å². The van der Waals surface area contributed by atoms with E-state index in [0.29, 0.717) is 6.61 Å². The molecule has 2 unspecified atom stereocenters. The molecule has 0 aromatic rings. The predicted molar refractivity (Wildman–Crippen MR) is 59.6 cm³/mol. The number of hydrogen-bond donors (Lipinski definition) is 1. The fourth-order valence-electron chi connectivity index (χ4n) is 2.70. The van der Waals surface area contributed by atoms with E-state index in [9.17, 15) is 5.11 Å². The van der Waals surface area contributed by atoms with Crippen LogP contribution in [0.2, 0.25) is 0 Å². The molecule has 3 aliphatic heterocycles. The van der Waals surface area contributed by atoms with Crippen LogP contribution in [0, 0.1) is 0 Å². The van der Waals surface area contributed by atoms with E-state index in [4.69, 9.17) is 23.7 Å². The molecule has 0 aliphatic carbocycles. The molecule has 3 aliphatic rings. The Morgan fingerprint density at radius 2 is 1.67 bits per heavy atom. The van der Waals surface area contributed by atoms with Crippen LogP contribution < -0.4 is 0 Å². The summed E-state index contributed by atoms with van der Waals surface area (Å²) in [7, 11) is 0. The number of ether oxygens (including phenoxy) is 5. The van der Waals surface area contributed by atoms with E-state index in [1.54, 1.807) is 13.8 Å². The zero-order valence-electron chi connectivity index (χ0n) is 11.1. The first-order chi connectivity index (χ1) is 8.27. The zero-order valence-corrected chi connectivity index (χ0v) is 11.1. The molecule has 3 fully saturated rings. The summed E-state index contributed by atoms with van der Waals surface area (Å²) < 4.78 is 28.1. The van der Waals surface area contributed by atoms with Crippen LogP contribution in [0.5, 0.6) is 0 Å². The standard InChI is InChI=1S/C12H20O6/c1-11(2)14-5-6(16-11)8-7(13)9-10(15-8)18-12(3,4)17-9/h6-10,13H,5H2,1-4H3/t6?,7?,8-,9-,10+/m1/s1. The van der Waals surface area contributed by atoms with E-state index in [0.717, 1.165) is 0 Å². The number of hydrogen-bond acceptors (Lipinski definition) is 6. The van der Waals surface area contributed by atoms with Crippen molar-refractivity contribution in [3.63, 3.8) is 0 Å². The highest BCUT2D eigenvalue weighted by atomic mass is 16.8. The second-order valence-corrected chi connectivity index (χ2v) is 5.93. The number of fused-ring (bicyclic) bond motifs is 1. The van der Waals surface area contributed by atoms with Gasteiger partial charge in [0.15, 0.2) is 17.9 Å². The minimum absolute atomic E-state index is 0.295. The minimum atomic E-state index is -0.765. The molecule has 0 radical (unpaired) electrons. The Kier molecular flexibility index (Phi) is 2.75. The largest absolute Gasteiger partial charge is 0.387 e. The van der Waals surface area contributed by atoms with E-state index in [2.05, 4.69) is 0 Å². The van der Waals surface area contributed by atoms with E-state index in [1.807, 2.05) is 13.8 Å². The maximum atomic E-state index is 10.3. The molecule has 0 aromatic heterocycles. The van der Waals surface area contributed by atoms with Gasteiger partial charge in [0, 0.05) is 0 Å². The summed E-state index contributed by atoms with van der Waals surface area (Å²) in [5.41, 5.74) is 0. The van der Waals surface area contributed by atoms with Crippen molar-refractivity contribution in [3.8, 4) is 0 Å². The summed E-state index contributed by atoms with van der Waals surface area (Å²) in [6, 6.07) is 0. The highest BCUT2D eigenvalue weighted by Gasteiger charge is 2.57. The van der Waals surface area contributed by atoms with Gasteiger partial charge >= 0.3 is 0 Å². The molecule has 5 atom stereocenters. The molecule has 3 rings (SSSR count). The lowest BCUT2D eigenvalue weighted by atomic mass is 10.1. The van der Waals surface area contributed by atoms with Crippen LogP contribution in [-0.2, 0) is 23.7 Å². The molecular formula is C12H20O6. The molecule has 0 amide bonds. The summed E-state index contributed by atoms with van der Waals surface area (Å²) in [6.45, 7) is 7.68. The molecule has 0 saturated carbocycles. The van der Waals surface area contributed by atoms with Crippen molar-refractivity contribution in [2.24, 2.45) is 0 Å². The van der Waals surface area contributed by atoms with Crippen LogP contribution in [0.3, 0.4) is 0 Å². The van der Waals surface area contributed by atoms with Crippen LogP contribution in [0.1, 0.15) is 27.7 Å². The molecule has 104 valence electrons. The van der Waals surface area contributed by atoms with Gasteiger partial charge in [-0.1, -0.05) is 0 Å². The SMILES string of the molecule is CC1(C)OCC([C@H]2O[C@H]3OC(C)(C)O[C@@H]3C2O)O1. The van der Waals surface area contributed by atoms with E-state index >= 15 is 0 Å². The lowest BCUT2D eigenvalue weighted by molar-refractivity contribution is -0.232. The van der Waals surface area contributed by atoms with Crippen molar-refractivity contribution in [2.45, 2.75) is 70.0 Å². The first kappa shape index (κ1) is 12.8. The second-order valence-electron chi connectivity index (χ2n) is 5.93. The predicted octanol–water partition coefficient (Wildman–Crippen LogP) is 0.375. The van der Waals surface area contributed by atoms with Gasteiger partial charge in [-0.2, -0.15) is 0 Å². The van der Waals surface area contributed by atoms with Gasteiger partial charge in [-0.05, 0) is 27.7 Å². The molecule has 3 heterocycles. The average Bonchev–Trinajstić information content (AvgIpc) is 2.81. The van der Waals surface area contributed by atoms with E-state index < -0.39 is 36.2 Å². The maximum Gasteiger partial charge on any atom is 0.190 e. The van der Waals surface area contributed by atoms with Gasteiger partial charge < -0.3 is 28.8 Å². The molecule has 0 aromatic carbocycles. The lowest BCUT2D eigenvalue weighted by Gasteiger charge is -2.26. The Hall–Kier alpha value is -0.240. The van der Waals surface area contributed by atoms with Gasteiger partial charge in [0.2, 0.25) is 0 Å².